The van der Waals surface area contributed by atoms with Gasteiger partial charge in [0.25, 0.3) is 0 Å². The van der Waals surface area contributed by atoms with Gasteiger partial charge in [0.15, 0.2) is 11.8 Å². The minimum atomic E-state index is -1.99. The third-order valence-electron chi connectivity index (χ3n) is 5.23. The number of hydrogen-bond acceptors (Lipinski definition) is 4. The van der Waals surface area contributed by atoms with Crippen molar-refractivity contribution in [2.24, 2.45) is 0 Å². The highest BCUT2D eigenvalue weighted by atomic mass is 35.5. The van der Waals surface area contributed by atoms with Gasteiger partial charge in [0.05, 0.1) is 5.02 Å². The summed E-state index contributed by atoms with van der Waals surface area (Å²) in [7, 11) is 0. The summed E-state index contributed by atoms with van der Waals surface area (Å²) in [6.45, 7) is 6.94. The average molecular weight is 413 g/mol. The van der Waals surface area contributed by atoms with Crippen LogP contribution in [0.15, 0.2) is 36.4 Å². The molecule has 2 N–H and O–H groups in total. The zero-order chi connectivity index (χ0) is 19.8. The quantitative estimate of drug-likeness (QED) is 0.756. The molecule has 4 nitrogen and oxygen atoms in total. The average Bonchev–Trinajstić information content (AvgIpc) is 2.85. The number of aliphatic hydroxyl groups is 2. The summed E-state index contributed by atoms with van der Waals surface area (Å²) < 4.78 is 14.5. The Labute approximate surface area is 168 Å². The van der Waals surface area contributed by atoms with E-state index in [0.29, 0.717) is 23.8 Å². The molecule has 0 bridgehead atoms. The zero-order valence-electron chi connectivity index (χ0n) is 15.3. The summed E-state index contributed by atoms with van der Waals surface area (Å²) in [6.07, 6.45) is -1.39. The van der Waals surface area contributed by atoms with Crippen molar-refractivity contribution in [3.63, 3.8) is 0 Å². The van der Waals surface area contributed by atoms with Crippen LogP contribution >= 0.6 is 23.2 Å². The lowest BCUT2D eigenvalue weighted by atomic mass is 9.86. The predicted molar refractivity (Wildman–Crippen MR) is 107 cm³/mol. The summed E-state index contributed by atoms with van der Waals surface area (Å²) >= 11 is 12.6. The molecule has 146 valence electrons. The summed E-state index contributed by atoms with van der Waals surface area (Å²) in [4.78, 5) is 3.83. The Balaban J connectivity index is 2.12. The van der Waals surface area contributed by atoms with Crippen molar-refractivity contribution in [3.8, 4) is 0 Å². The Hall–Kier alpha value is -1.37. The van der Waals surface area contributed by atoms with Crippen molar-refractivity contribution in [2.45, 2.75) is 25.7 Å². The van der Waals surface area contributed by atoms with E-state index in [1.165, 1.54) is 24.3 Å². The first-order valence-electron chi connectivity index (χ1n) is 8.98. The molecule has 0 saturated carbocycles. The van der Waals surface area contributed by atoms with Crippen LogP contribution in [0.4, 0.5) is 10.1 Å². The van der Waals surface area contributed by atoms with Crippen molar-refractivity contribution in [3.05, 3.63) is 63.4 Å². The van der Waals surface area contributed by atoms with E-state index in [4.69, 9.17) is 23.2 Å². The molecule has 1 aliphatic rings. The summed E-state index contributed by atoms with van der Waals surface area (Å²) in [5, 5.41) is 23.2. The van der Waals surface area contributed by atoms with Gasteiger partial charge in [-0.2, -0.15) is 0 Å². The van der Waals surface area contributed by atoms with Gasteiger partial charge in [-0.15, -0.1) is 0 Å². The smallest absolute Gasteiger partial charge is 0.165 e. The van der Waals surface area contributed by atoms with Crippen molar-refractivity contribution in [1.82, 2.24) is 4.90 Å². The third kappa shape index (κ3) is 3.43. The van der Waals surface area contributed by atoms with E-state index in [0.717, 1.165) is 13.1 Å². The molecule has 0 aliphatic carbocycles. The zero-order valence-corrected chi connectivity index (χ0v) is 16.8. The van der Waals surface area contributed by atoms with Gasteiger partial charge in [0, 0.05) is 34.9 Å². The Morgan fingerprint density at radius 1 is 1.19 bits per heavy atom. The van der Waals surface area contributed by atoms with Crippen LogP contribution in [0.3, 0.4) is 0 Å². The van der Waals surface area contributed by atoms with Gasteiger partial charge in [-0.25, -0.2) is 4.39 Å². The molecule has 0 amide bonds. The van der Waals surface area contributed by atoms with Crippen LogP contribution in [-0.4, -0.2) is 47.5 Å². The van der Waals surface area contributed by atoms with Crippen LogP contribution < -0.4 is 4.90 Å². The first kappa shape index (κ1) is 20.4. The number of nitrogens with zero attached hydrogens (tertiary/aromatic N) is 2. The minimum Gasteiger partial charge on any atom is -0.375 e. The Morgan fingerprint density at radius 2 is 1.85 bits per heavy atom. The van der Waals surface area contributed by atoms with E-state index in [-0.39, 0.29) is 16.1 Å². The number of hydrogen-bond donors (Lipinski definition) is 2. The molecule has 0 aromatic heterocycles. The fourth-order valence-corrected chi connectivity index (χ4v) is 4.35. The van der Waals surface area contributed by atoms with Gasteiger partial charge >= 0.3 is 0 Å². The molecule has 3 rings (SSSR count). The van der Waals surface area contributed by atoms with Crippen LogP contribution in [-0.2, 0) is 5.60 Å². The lowest BCUT2D eigenvalue weighted by Crippen LogP contribution is -2.48. The molecule has 1 aliphatic heterocycles. The van der Waals surface area contributed by atoms with E-state index in [1.54, 1.807) is 17.0 Å². The molecule has 7 heteroatoms. The minimum absolute atomic E-state index is 0.0201. The second kappa shape index (κ2) is 7.94. The second-order valence-electron chi connectivity index (χ2n) is 6.62. The van der Waals surface area contributed by atoms with Gasteiger partial charge in [0.1, 0.15) is 5.82 Å². The number of fused-ring (bicyclic) bond motifs is 1. The maximum atomic E-state index is 14.5. The molecular formula is C20H23Cl2FN2O2. The Kier molecular flexibility index (Phi) is 5.99. The van der Waals surface area contributed by atoms with Crippen LogP contribution in [0.2, 0.25) is 10.0 Å². The van der Waals surface area contributed by atoms with Gasteiger partial charge in [-0.1, -0.05) is 55.2 Å². The number of rotatable bonds is 6. The molecule has 0 fully saturated rings. The third-order valence-corrected chi connectivity index (χ3v) is 5.75. The molecule has 27 heavy (non-hydrogen) atoms. The molecule has 2 aromatic rings. The van der Waals surface area contributed by atoms with Gasteiger partial charge < -0.3 is 20.0 Å². The Bertz CT molecular complexity index is 832. The molecular weight excluding hydrogens is 390 g/mol. The van der Waals surface area contributed by atoms with Gasteiger partial charge in [-0.05, 0) is 31.3 Å². The van der Waals surface area contributed by atoms with E-state index in [2.05, 4.69) is 18.7 Å². The lowest BCUT2D eigenvalue weighted by molar-refractivity contribution is -0.0409. The van der Waals surface area contributed by atoms with Gasteiger partial charge in [0.2, 0.25) is 0 Å². The normalized spacial score (nSPS) is 21.8. The summed E-state index contributed by atoms with van der Waals surface area (Å²) in [6, 6.07) is 9.00. The second-order valence-corrected chi connectivity index (χ2v) is 7.47. The number of likely N-dealkylation sites (N-methyl/N-ethyl adjacent to an activating group) is 1. The van der Waals surface area contributed by atoms with E-state index < -0.39 is 17.6 Å². The van der Waals surface area contributed by atoms with Crippen LogP contribution in [0.1, 0.15) is 25.0 Å². The summed E-state index contributed by atoms with van der Waals surface area (Å²) in [5.74, 6) is -0.610. The standard InChI is InChI=1S/C20H23Cl2FN2O2/c1-3-24(4-2)9-10-25-17-12-13(21)11-15(22)18(17)20(27,19(25)26)14-7-5-6-8-16(14)23/h5-8,11-12,19,26-27H,3-4,9-10H2,1-2H3. The first-order valence-corrected chi connectivity index (χ1v) is 9.74. The van der Waals surface area contributed by atoms with Crippen molar-refractivity contribution in [2.75, 3.05) is 31.1 Å². The maximum Gasteiger partial charge on any atom is 0.165 e. The fraction of sp³-hybridized carbons (Fsp3) is 0.400. The number of halogens is 3. The topological polar surface area (TPSA) is 46.9 Å². The predicted octanol–water partition coefficient (Wildman–Crippen LogP) is 3.85. The molecule has 2 atom stereocenters. The molecule has 1 heterocycles. The number of anilines is 1. The largest absolute Gasteiger partial charge is 0.375 e. The number of benzene rings is 2. The first-order chi connectivity index (χ1) is 12.8. The molecule has 0 saturated heterocycles. The van der Waals surface area contributed by atoms with E-state index >= 15 is 0 Å². The lowest BCUT2D eigenvalue weighted by Gasteiger charge is -2.33. The van der Waals surface area contributed by atoms with Crippen molar-refractivity contribution in [1.29, 1.82) is 0 Å². The number of aliphatic hydroxyl groups excluding tert-OH is 1. The van der Waals surface area contributed by atoms with Crippen LogP contribution in [0, 0.1) is 5.82 Å². The molecule has 2 unspecified atom stereocenters. The fourth-order valence-electron chi connectivity index (χ4n) is 3.73. The highest BCUT2D eigenvalue weighted by Gasteiger charge is 2.53. The molecule has 2 aromatic carbocycles. The monoisotopic (exact) mass is 412 g/mol. The van der Waals surface area contributed by atoms with E-state index in [1.807, 2.05) is 0 Å². The van der Waals surface area contributed by atoms with Crippen molar-refractivity contribution < 1.29 is 14.6 Å². The highest BCUT2D eigenvalue weighted by Crippen LogP contribution is 2.51. The van der Waals surface area contributed by atoms with Crippen LogP contribution in [0.5, 0.6) is 0 Å². The summed E-state index contributed by atoms with van der Waals surface area (Å²) in [5.41, 5.74) is -1.23. The maximum absolute atomic E-state index is 14.5. The van der Waals surface area contributed by atoms with Crippen LogP contribution in [0.25, 0.3) is 0 Å². The molecule has 0 radical (unpaired) electrons. The van der Waals surface area contributed by atoms with Crippen molar-refractivity contribution >= 4 is 28.9 Å². The van der Waals surface area contributed by atoms with Gasteiger partial charge in [-0.3, -0.25) is 0 Å². The van der Waals surface area contributed by atoms with E-state index in [9.17, 15) is 14.6 Å². The Morgan fingerprint density at radius 3 is 2.48 bits per heavy atom. The SMILES string of the molecule is CCN(CC)CCN1c2cc(Cl)cc(Cl)c2C(O)(c2ccccc2F)C1O. The highest BCUT2D eigenvalue weighted by molar-refractivity contribution is 6.36. The molecule has 0 spiro atoms.